The van der Waals surface area contributed by atoms with Gasteiger partial charge in [0.25, 0.3) is 0 Å². The summed E-state index contributed by atoms with van der Waals surface area (Å²) < 4.78 is 12.1. The zero-order valence-corrected chi connectivity index (χ0v) is 15.0. The normalized spacial score (nSPS) is 22.2. The monoisotopic (exact) mass is 358 g/mol. The molecular weight excluding hydrogens is 336 g/mol. The highest BCUT2D eigenvalue weighted by molar-refractivity contribution is 6.31. The first-order valence-electron chi connectivity index (χ1n) is 8.81. The lowest BCUT2D eigenvalue weighted by atomic mass is 9.81. The van der Waals surface area contributed by atoms with E-state index < -0.39 is 0 Å². The third kappa shape index (κ3) is 3.72. The molecule has 2 fully saturated rings. The average Bonchev–Trinajstić information content (AvgIpc) is 3.01. The van der Waals surface area contributed by atoms with Gasteiger partial charge >= 0.3 is 0 Å². The predicted molar refractivity (Wildman–Crippen MR) is 97.4 cm³/mol. The number of pyridine rings is 1. The van der Waals surface area contributed by atoms with Crippen LogP contribution in [-0.4, -0.2) is 41.8 Å². The number of likely N-dealkylation sites (tertiary alicyclic amines) is 1. The molecule has 2 aliphatic heterocycles. The Labute approximate surface area is 153 Å². The highest BCUT2D eigenvalue weighted by atomic mass is 35.5. The third-order valence-corrected chi connectivity index (χ3v) is 5.61. The van der Waals surface area contributed by atoms with E-state index in [1.807, 2.05) is 36.5 Å². The van der Waals surface area contributed by atoms with E-state index in [4.69, 9.17) is 21.1 Å². The fourth-order valence-corrected chi connectivity index (χ4v) is 4.06. The zero-order chi connectivity index (χ0) is 17.1. The predicted octanol–water partition coefficient (Wildman–Crippen LogP) is 3.54. The van der Waals surface area contributed by atoms with Crippen molar-refractivity contribution >= 4 is 11.6 Å². The molecule has 5 heteroatoms. The van der Waals surface area contributed by atoms with Gasteiger partial charge in [-0.3, -0.25) is 9.88 Å². The van der Waals surface area contributed by atoms with E-state index in [0.29, 0.717) is 12.5 Å². The lowest BCUT2D eigenvalue weighted by Crippen LogP contribution is -2.64. The topological polar surface area (TPSA) is 34.6 Å². The van der Waals surface area contributed by atoms with E-state index >= 15 is 0 Å². The summed E-state index contributed by atoms with van der Waals surface area (Å²) in [6.07, 6.45) is 4.72. The molecule has 0 saturated carbocycles. The van der Waals surface area contributed by atoms with Gasteiger partial charge in [0.05, 0.1) is 18.8 Å². The summed E-state index contributed by atoms with van der Waals surface area (Å²) >= 11 is 6.27. The molecule has 4 nitrogen and oxygen atoms in total. The summed E-state index contributed by atoms with van der Waals surface area (Å²) in [5.74, 6) is 0.465. The Morgan fingerprint density at radius 1 is 1.24 bits per heavy atom. The van der Waals surface area contributed by atoms with Crippen LogP contribution in [0.3, 0.4) is 0 Å². The van der Waals surface area contributed by atoms with Crippen LogP contribution in [-0.2, 0) is 22.6 Å². The van der Waals surface area contributed by atoms with Gasteiger partial charge in [0.1, 0.15) is 0 Å². The first kappa shape index (κ1) is 17.0. The molecule has 3 heterocycles. The van der Waals surface area contributed by atoms with E-state index in [2.05, 4.69) is 16.0 Å². The molecule has 0 aliphatic carbocycles. The minimum atomic E-state index is -0.0316. The van der Waals surface area contributed by atoms with E-state index in [9.17, 15) is 0 Å². The SMILES string of the molecule is Clc1ccccc1CN1CC2(C1)OCCC2COCc1cccnc1. The number of rotatable bonds is 6. The standard InChI is InChI=1S/C20H23ClN2O2/c21-19-6-2-1-5-17(19)11-23-14-20(15-23)18(7-9-25-20)13-24-12-16-4-3-8-22-10-16/h1-6,8,10,18H,7,9,11-15H2. The number of hydrogen-bond acceptors (Lipinski definition) is 4. The quantitative estimate of drug-likeness (QED) is 0.791. The van der Waals surface area contributed by atoms with Crippen LogP contribution in [0.25, 0.3) is 0 Å². The molecule has 0 amide bonds. The van der Waals surface area contributed by atoms with E-state index in [1.54, 1.807) is 6.20 Å². The van der Waals surface area contributed by atoms with Crippen LogP contribution in [0.15, 0.2) is 48.8 Å². The molecule has 1 aromatic heterocycles. The van der Waals surface area contributed by atoms with Gasteiger partial charge in [-0.15, -0.1) is 0 Å². The first-order valence-corrected chi connectivity index (χ1v) is 9.19. The number of ether oxygens (including phenoxy) is 2. The summed E-state index contributed by atoms with van der Waals surface area (Å²) in [6.45, 7) is 4.99. The van der Waals surface area contributed by atoms with Crippen LogP contribution in [0.5, 0.6) is 0 Å². The maximum atomic E-state index is 6.27. The van der Waals surface area contributed by atoms with Crippen LogP contribution in [0.4, 0.5) is 0 Å². The molecule has 0 N–H and O–H groups in total. The van der Waals surface area contributed by atoms with Gasteiger partial charge in [0, 0.05) is 49.6 Å². The third-order valence-electron chi connectivity index (χ3n) is 5.24. The Bertz CT molecular complexity index is 704. The van der Waals surface area contributed by atoms with Crippen LogP contribution in [0.2, 0.25) is 5.02 Å². The molecule has 132 valence electrons. The molecule has 0 bridgehead atoms. The van der Waals surface area contributed by atoms with E-state index in [0.717, 1.165) is 49.9 Å². The average molecular weight is 359 g/mol. The molecule has 4 rings (SSSR count). The highest BCUT2D eigenvalue weighted by Crippen LogP contribution is 2.41. The van der Waals surface area contributed by atoms with Crippen LogP contribution >= 0.6 is 11.6 Å². The molecule has 1 unspecified atom stereocenters. The number of hydrogen-bond donors (Lipinski definition) is 0. The Balaban J connectivity index is 1.28. The van der Waals surface area contributed by atoms with Crippen molar-refractivity contribution in [2.75, 3.05) is 26.3 Å². The molecular formula is C20H23ClN2O2. The van der Waals surface area contributed by atoms with Crippen LogP contribution in [0.1, 0.15) is 17.5 Å². The minimum absolute atomic E-state index is 0.0316. The lowest BCUT2D eigenvalue weighted by molar-refractivity contribution is -0.146. The van der Waals surface area contributed by atoms with Crippen molar-refractivity contribution in [3.63, 3.8) is 0 Å². The number of nitrogens with zero attached hydrogens (tertiary/aromatic N) is 2. The zero-order valence-electron chi connectivity index (χ0n) is 14.2. The first-order chi connectivity index (χ1) is 12.3. The van der Waals surface area contributed by atoms with Crippen LogP contribution < -0.4 is 0 Å². The molecule has 1 atom stereocenters. The maximum Gasteiger partial charge on any atom is 0.0985 e. The summed E-state index contributed by atoms with van der Waals surface area (Å²) in [5, 5.41) is 0.840. The van der Waals surface area contributed by atoms with Crippen molar-refractivity contribution in [3.05, 3.63) is 64.9 Å². The fraction of sp³-hybridized carbons (Fsp3) is 0.450. The van der Waals surface area contributed by atoms with Gasteiger partial charge in [0.2, 0.25) is 0 Å². The van der Waals surface area contributed by atoms with Crippen molar-refractivity contribution in [2.24, 2.45) is 5.92 Å². The molecule has 2 aromatic rings. The second-order valence-corrected chi connectivity index (χ2v) is 7.42. The van der Waals surface area contributed by atoms with E-state index in [1.165, 1.54) is 5.56 Å². The summed E-state index contributed by atoms with van der Waals surface area (Å²) in [4.78, 5) is 6.53. The summed E-state index contributed by atoms with van der Waals surface area (Å²) in [7, 11) is 0. The summed E-state index contributed by atoms with van der Waals surface area (Å²) in [5.41, 5.74) is 2.27. The second-order valence-electron chi connectivity index (χ2n) is 7.01. The van der Waals surface area contributed by atoms with E-state index in [-0.39, 0.29) is 5.60 Å². The van der Waals surface area contributed by atoms with Gasteiger partial charge in [-0.05, 0) is 29.7 Å². The minimum Gasteiger partial charge on any atom is -0.376 e. The summed E-state index contributed by atoms with van der Waals surface area (Å²) in [6, 6.07) is 12.0. The van der Waals surface area contributed by atoms with Crippen molar-refractivity contribution in [1.82, 2.24) is 9.88 Å². The van der Waals surface area contributed by atoms with Crippen molar-refractivity contribution in [2.45, 2.75) is 25.2 Å². The molecule has 25 heavy (non-hydrogen) atoms. The van der Waals surface area contributed by atoms with Gasteiger partial charge in [-0.25, -0.2) is 0 Å². The Morgan fingerprint density at radius 3 is 2.92 bits per heavy atom. The Morgan fingerprint density at radius 2 is 2.12 bits per heavy atom. The number of benzene rings is 1. The largest absolute Gasteiger partial charge is 0.376 e. The molecule has 2 saturated heterocycles. The smallest absolute Gasteiger partial charge is 0.0985 e. The number of halogens is 1. The molecule has 2 aliphatic rings. The van der Waals surface area contributed by atoms with Crippen molar-refractivity contribution < 1.29 is 9.47 Å². The molecule has 1 spiro atoms. The lowest BCUT2D eigenvalue weighted by Gasteiger charge is -2.50. The molecule has 0 radical (unpaired) electrons. The second kappa shape index (κ2) is 7.42. The molecule has 1 aromatic carbocycles. The van der Waals surface area contributed by atoms with Gasteiger partial charge < -0.3 is 9.47 Å². The van der Waals surface area contributed by atoms with Crippen molar-refractivity contribution in [3.8, 4) is 0 Å². The number of aromatic nitrogens is 1. The van der Waals surface area contributed by atoms with Gasteiger partial charge in [0.15, 0.2) is 0 Å². The Hall–Kier alpha value is -1.46. The van der Waals surface area contributed by atoms with Gasteiger partial charge in [-0.2, -0.15) is 0 Å². The maximum absolute atomic E-state index is 6.27. The Kier molecular flexibility index (Phi) is 5.04. The van der Waals surface area contributed by atoms with Crippen LogP contribution in [0, 0.1) is 5.92 Å². The fourth-order valence-electron chi connectivity index (χ4n) is 3.86. The van der Waals surface area contributed by atoms with Gasteiger partial charge in [-0.1, -0.05) is 35.9 Å². The van der Waals surface area contributed by atoms with Crippen molar-refractivity contribution in [1.29, 1.82) is 0 Å². The highest BCUT2D eigenvalue weighted by Gasteiger charge is 2.52.